The molecule has 0 fully saturated rings. The van der Waals surface area contributed by atoms with Crippen LogP contribution in [0.25, 0.3) is 0 Å². The SMILES string of the molecule is COc1cccc(F)c1C(N)c1c(C)ccnc1N. The van der Waals surface area contributed by atoms with Crippen molar-refractivity contribution < 1.29 is 9.13 Å². The quantitative estimate of drug-likeness (QED) is 0.888. The van der Waals surface area contributed by atoms with Crippen molar-refractivity contribution in [3.05, 3.63) is 53.0 Å². The van der Waals surface area contributed by atoms with Gasteiger partial charge in [-0.2, -0.15) is 0 Å². The number of nitrogens with two attached hydrogens (primary N) is 2. The Bertz CT molecular complexity index is 581. The lowest BCUT2D eigenvalue weighted by Gasteiger charge is -2.19. The molecule has 1 heterocycles. The summed E-state index contributed by atoms with van der Waals surface area (Å²) in [5, 5.41) is 0. The van der Waals surface area contributed by atoms with Gasteiger partial charge in [0.1, 0.15) is 17.4 Å². The highest BCUT2D eigenvalue weighted by Gasteiger charge is 2.22. The second kappa shape index (κ2) is 5.24. The molecule has 5 heteroatoms. The number of aryl methyl sites for hydroxylation is 1. The van der Waals surface area contributed by atoms with E-state index in [-0.39, 0.29) is 5.56 Å². The van der Waals surface area contributed by atoms with Crippen molar-refractivity contribution in [3.8, 4) is 5.75 Å². The van der Waals surface area contributed by atoms with E-state index in [4.69, 9.17) is 16.2 Å². The molecular weight excluding hydrogens is 245 g/mol. The first-order valence-corrected chi connectivity index (χ1v) is 5.85. The lowest BCUT2D eigenvalue weighted by Crippen LogP contribution is -2.18. The topological polar surface area (TPSA) is 74.2 Å². The van der Waals surface area contributed by atoms with Crippen LogP contribution in [-0.2, 0) is 0 Å². The summed E-state index contributed by atoms with van der Waals surface area (Å²) in [6.45, 7) is 1.86. The van der Waals surface area contributed by atoms with Crippen molar-refractivity contribution in [2.75, 3.05) is 12.8 Å². The predicted molar refractivity (Wildman–Crippen MR) is 72.4 cm³/mol. The maximum absolute atomic E-state index is 14.0. The normalized spacial score (nSPS) is 12.2. The molecule has 0 amide bonds. The third-order valence-corrected chi connectivity index (χ3v) is 3.09. The summed E-state index contributed by atoms with van der Waals surface area (Å²) in [5.74, 6) is 0.280. The van der Waals surface area contributed by atoms with Gasteiger partial charge in [0, 0.05) is 11.8 Å². The highest BCUT2D eigenvalue weighted by molar-refractivity contribution is 5.52. The maximum atomic E-state index is 14.0. The Labute approximate surface area is 111 Å². The highest BCUT2D eigenvalue weighted by atomic mass is 19.1. The molecule has 1 aromatic heterocycles. The standard InChI is InChI=1S/C14H16FN3O/c1-8-6-7-18-14(17)11(8)13(16)12-9(15)4-3-5-10(12)19-2/h3-7,13H,16H2,1-2H3,(H2,17,18). The summed E-state index contributed by atoms with van der Waals surface area (Å²) >= 11 is 0. The summed E-state index contributed by atoms with van der Waals surface area (Å²) in [6.07, 6.45) is 1.60. The average molecular weight is 261 g/mol. The van der Waals surface area contributed by atoms with E-state index in [1.54, 1.807) is 24.4 Å². The molecule has 0 bridgehead atoms. The van der Waals surface area contributed by atoms with Crippen LogP contribution in [0.3, 0.4) is 0 Å². The van der Waals surface area contributed by atoms with Gasteiger partial charge in [-0.3, -0.25) is 0 Å². The average Bonchev–Trinajstić information content (AvgIpc) is 2.37. The molecule has 1 atom stereocenters. The van der Waals surface area contributed by atoms with Gasteiger partial charge >= 0.3 is 0 Å². The Kier molecular flexibility index (Phi) is 3.66. The number of aromatic nitrogens is 1. The first kappa shape index (κ1) is 13.3. The van der Waals surface area contributed by atoms with Crippen LogP contribution >= 0.6 is 0 Å². The minimum Gasteiger partial charge on any atom is -0.496 e. The first-order valence-electron chi connectivity index (χ1n) is 5.85. The van der Waals surface area contributed by atoms with Gasteiger partial charge in [-0.1, -0.05) is 6.07 Å². The van der Waals surface area contributed by atoms with E-state index < -0.39 is 11.9 Å². The summed E-state index contributed by atoms with van der Waals surface area (Å²) in [6, 6.07) is 5.66. The summed E-state index contributed by atoms with van der Waals surface area (Å²) < 4.78 is 19.2. The van der Waals surface area contributed by atoms with Crippen LogP contribution in [0.5, 0.6) is 5.75 Å². The molecule has 0 saturated heterocycles. The van der Waals surface area contributed by atoms with Gasteiger partial charge in [0.25, 0.3) is 0 Å². The van der Waals surface area contributed by atoms with Gasteiger partial charge in [-0.05, 0) is 30.7 Å². The smallest absolute Gasteiger partial charge is 0.132 e. The van der Waals surface area contributed by atoms with Crippen molar-refractivity contribution in [1.82, 2.24) is 4.98 Å². The van der Waals surface area contributed by atoms with E-state index in [0.717, 1.165) is 5.56 Å². The van der Waals surface area contributed by atoms with Crippen molar-refractivity contribution in [2.45, 2.75) is 13.0 Å². The number of rotatable bonds is 3. The number of benzene rings is 1. The van der Waals surface area contributed by atoms with E-state index in [0.29, 0.717) is 17.1 Å². The van der Waals surface area contributed by atoms with Gasteiger partial charge in [-0.15, -0.1) is 0 Å². The number of halogens is 1. The summed E-state index contributed by atoms with van der Waals surface area (Å²) in [7, 11) is 1.48. The largest absolute Gasteiger partial charge is 0.496 e. The van der Waals surface area contributed by atoms with Crippen molar-refractivity contribution >= 4 is 5.82 Å². The van der Waals surface area contributed by atoms with E-state index in [1.165, 1.54) is 13.2 Å². The molecule has 1 unspecified atom stereocenters. The number of ether oxygens (including phenoxy) is 1. The number of methoxy groups -OCH3 is 1. The molecule has 0 saturated carbocycles. The van der Waals surface area contributed by atoms with Crippen molar-refractivity contribution in [3.63, 3.8) is 0 Å². The zero-order valence-corrected chi connectivity index (χ0v) is 10.9. The molecule has 1 aromatic carbocycles. The zero-order valence-electron chi connectivity index (χ0n) is 10.9. The Morgan fingerprint density at radius 3 is 2.63 bits per heavy atom. The number of pyridine rings is 1. The molecular formula is C14H16FN3O. The highest BCUT2D eigenvalue weighted by Crippen LogP contribution is 2.33. The van der Waals surface area contributed by atoms with Gasteiger partial charge in [0.05, 0.1) is 18.7 Å². The zero-order chi connectivity index (χ0) is 14.0. The minimum atomic E-state index is -0.718. The molecule has 0 aliphatic rings. The van der Waals surface area contributed by atoms with Crippen LogP contribution in [0.2, 0.25) is 0 Å². The number of hydrogen-bond acceptors (Lipinski definition) is 4. The maximum Gasteiger partial charge on any atom is 0.132 e. The molecule has 4 N–H and O–H groups in total. The molecule has 0 aliphatic heterocycles. The van der Waals surface area contributed by atoms with E-state index in [2.05, 4.69) is 4.98 Å². The lowest BCUT2D eigenvalue weighted by atomic mass is 9.95. The lowest BCUT2D eigenvalue weighted by molar-refractivity contribution is 0.402. The monoisotopic (exact) mass is 261 g/mol. The van der Waals surface area contributed by atoms with Crippen LogP contribution in [0.15, 0.2) is 30.5 Å². The summed E-state index contributed by atoms with van der Waals surface area (Å²) in [5.41, 5.74) is 13.8. The van der Waals surface area contributed by atoms with Gasteiger partial charge < -0.3 is 16.2 Å². The third kappa shape index (κ3) is 2.37. The Morgan fingerprint density at radius 1 is 1.26 bits per heavy atom. The van der Waals surface area contributed by atoms with Crippen molar-refractivity contribution in [1.29, 1.82) is 0 Å². The fraction of sp³-hybridized carbons (Fsp3) is 0.214. The summed E-state index contributed by atoms with van der Waals surface area (Å²) in [4.78, 5) is 4.01. The van der Waals surface area contributed by atoms with Gasteiger partial charge in [0.15, 0.2) is 0 Å². The Balaban J connectivity index is 2.59. The Morgan fingerprint density at radius 2 is 2.00 bits per heavy atom. The fourth-order valence-corrected chi connectivity index (χ4v) is 2.14. The van der Waals surface area contributed by atoms with Crippen LogP contribution < -0.4 is 16.2 Å². The number of nitrogen functional groups attached to an aromatic ring is 1. The van der Waals surface area contributed by atoms with Crippen LogP contribution in [-0.4, -0.2) is 12.1 Å². The van der Waals surface area contributed by atoms with Crippen LogP contribution in [0.4, 0.5) is 10.2 Å². The molecule has 2 aromatic rings. The second-order valence-corrected chi connectivity index (χ2v) is 4.26. The fourth-order valence-electron chi connectivity index (χ4n) is 2.14. The van der Waals surface area contributed by atoms with Crippen LogP contribution in [0.1, 0.15) is 22.7 Å². The number of hydrogen-bond donors (Lipinski definition) is 2. The molecule has 0 aliphatic carbocycles. The number of anilines is 1. The molecule has 100 valence electrons. The van der Waals surface area contributed by atoms with Crippen molar-refractivity contribution in [2.24, 2.45) is 5.73 Å². The molecule has 0 spiro atoms. The Hall–Kier alpha value is -2.14. The van der Waals surface area contributed by atoms with E-state index in [9.17, 15) is 4.39 Å². The van der Waals surface area contributed by atoms with E-state index >= 15 is 0 Å². The van der Waals surface area contributed by atoms with Gasteiger partial charge in [-0.25, -0.2) is 9.37 Å². The van der Waals surface area contributed by atoms with E-state index in [1.807, 2.05) is 6.92 Å². The first-order chi connectivity index (χ1) is 9.06. The minimum absolute atomic E-state index is 0.285. The second-order valence-electron chi connectivity index (χ2n) is 4.26. The van der Waals surface area contributed by atoms with Crippen LogP contribution in [0, 0.1) is 12.7 Å². The third-order valence-electron chi connectivity index (χ3n) is 3.09. The van der Waals surface area contributed by atoms with Gasteiger partial charge in [0.2, 0.25) is 0 Å². The number of nitrogens with zero attached hydrogens (tertiary/aromatic N) is 1. The molecule has 2 rings (SSSR count). The molecule has 4 nitrogen and oxygen atoms in total. The molecule has 19 heavy (non-hydrogen) atoms. The predicted octanol–water partition coefficient (Wildman–Crippen LogP) is 2.17. The molecule has 0 radical (unpaired) electrons.